The van der Waals surface area contributed by atoms with E-state index in [1.54, 1.807) is 6.92 Å². The van der Waals surface area contributed by atoms with E-state index < -0.39 is 36.5 Å². The van der Waals surface area contributed by atoms with Crippen LogP contribution in [0.4, 0.5) is 0 Å². The Hall–Kier alpha value is -2.34. The van der Waals surface area contributed by atoms with Crippen molar-refractivity contribution in [2.24, 2.45) is 29.1 Å². The van der Waals surface area contributed by atoms with Crippen LogP contribution in [-0.2, 0) is 9.59 Å². The summed E-state index contributed by atoms with van der Waals surface area (Å²) < 4.78 is 0. The lowest BCUT2D eigenvalue weighted by Crippen LogP contribution is -2.61. The molecule has 0 bridgehead atoms. The van der Waals surface area contributed by atoms with Crippen molar-refractivity contribution in [1.29, 1.82) is 0 Å². The van der Waals surface area contributed by atoms with E-state index in [-0.39, 0.29) is 35.0 Å². The molecule has 1 fully saturated rings. The molecule has 2 amide bonds. The lowest BCUT2D eigenvalue weighted by atomic mass is 9.96. The van der Waals surface area contributed by atoms with Crippen molar-refractivity contribution in [2.45, 2.75) is 189 Å². The number of rotatable bonds is 34. The molecule has 1 aliphatic heterocycles. The van der Waals surface area contributed by atoms with Crippen molar-refractivity contribution in [1.82, 2.24) is 20.4 Å². The summed E-state index contributed by atoms with van der Waals surface area (Å²) in [5.41, 5.74) is 0.161. The largest absolute Gasteiger partial charge is 0.392 e. The lowest BCUT2D eigenvalue weighted by Gasteiger charge is -2.31. The molecule has 348 valence electrons. The van der Waals surface area contributed by atoms with Gasteiger partial charge >= 0.3 is 0 Å². The van der Waals surface area contributed by atoms with Crippen LogP contribution in [0, 0.1) is 29.1 Å². The highest BCUT2D eigenvalue weighted by molar-refractivity contribution is 5.96. The third-order valence-corrected chi connectivity index (χ3v) is 11.7. The monoisotopic (exact) mass is 845 g/mol. The number of unbranched alkanes of at least 4 members (excludes halogenated alkanes) is 3. The third kappa shape index (κ3) is 27.6. The second-order valence-corrected chi connectivity index (χ2v) is 19.6. The number of nitrogens with zero attached hydrogens (tertiary/aromatic N) is 2. The molecule has 10 atom stereocenters. The van der Waals surface area contributed by atoms with E-state index in [1.165, 1.54) is 19.3 Å². The Morgan fingerprint density at radius 2 is 1.23 bits per heavy atom. The summed E-state index contributed by atoms with van der Waals surface area (Å²) in [4.78, 5) is 30.4. The SMILES string of the molecule is C=CCC(C)C(O)CN(CCCCC1NC(=O)C(CCCCN(CC(C)O)CC(O)CC(C)/C=C\CCCC(C)CC)NC1=O)CC(O)CC(C)/C=C\C/C=C\C(C)(C)C. The molecule has 0 saturated carbocycles. The van der Waals surface area contributed by atoms with Crippen LogP contribution in [0.15, 0.2) is 49.1 Å². The number of aliphatic hydroxyl groups excluding tert-OH is 4. The zero-order valence-electron chi connectivity index (χ0n) is 39.7. The molecule has 10 unspecified atom stereocenters. The number of aliphatic hydroxyl groups is 4. The second kappa shape index (κ2) is 31.5. The average molecular weight is 845 g/mol. The van der Waals surface area contributed by atoms with Crippen LogP contribution < -0.4 is 10.6 Å². The van der Waals surface area contributed by atoms with Crippen LogP contribution in [0.2, 0.25) is 0 Å². The van der Waals surface area contributed by atoms with Gasteiger partial charge in [-0.3, -0.25) is 19.4 Å². The Kier molecular flexibility index (Phi) is 29.2. The van der Waals surface area contributed by atoms with E-state index >= 15 is 0 Å². The first kappa shape index (κ1) is 55.7. The van der Waals surface area contributed by atoms with Crippen LogP contribution in [0.1, 0.15) is 152 Å². The van der Waals surface area contributed by atoms with Gasteiger partial charge < -0.3 is 31.1 Å². The maximum atomic E-state index is 13.1. The minimum atomic E-state index is -0.582. The van der Waals surface area contributed by atoms with E-state index in [2.05, 4.69) is 112 Å². The number of hydrogen-bond acceptors (Lipinski definition) is 8. The van der Waals surface area contributed by atoms with Crippen LogP contribution in [0.5, 0.6) is 0 Å². The van der Waals surface area contributed by atoms with E-state index in [4.69, 9.17) is 0 Å². The van der Waals surface area contributed by atoms with Gasteiger partial charge in [0.1, 0.15) is 12.1 Å². The molecule has 1 heterocycles. The summed E-state index contributed by atoms with van der Waals surface area (Å²) in [5.74, 6) is 0.998. The fraction of sp³-hybridized carbons (Fsp3) is 0.800. The molecular weight excluding hydrogens is 753 g/mol. The lowest BCUT2D eigenvalue weighted by molar-refractivity contribution is -0.137. The summed E-state index contributed by atoms with van der Waals surface area (Å²) in [6.45, 7) is 26.1. The Morgan fingerprint density at radius 1 is 0.717 bits per heavy atom. The van der Waals surface area contributed by atoms with Gasteiger partial charge in [-0.15, -0.1) is 6.58 Å². The maximum absolute atomic E-state index is 13.1. The fourth-order valence-corrected chi connectivity index (χ4v) is 7.89. The first-order valence-electron chi connectivity index (χ1n) is 23.7. The first-order chi connectivity index (χ1) is 28.3. The fourth-order valence-electron chi connectivity index (χ4n) is 7.89. The van der Waals surface area contributed by atoms with Gasteiger partial charge in [-0.2, -0.15) is 0 Å². The van der Waals surface area contributed by atoms with E-state index in [0.29, 0.717) is 77.8 Å². The van der Waals surface area contributed by atoms with E-state index in [0.717, 1.165) is 38.0 Å². The number of amides is 2. The normalized spacial score (nSPS) is 20.7. The minimum absolute atomic E-state index is 0.0517. The highest BCUT2D eigenvalue weighted by Crippen LogP contribution is 2.18. The molecular formula is C50H92N4O6. The number of allylic oxidation sites excluding steroid dienone is 7. The molecule has 0 aromatic rings. The van der Waals surface area contributed by atoms with E-state index in [1.807, 2.05) is 13.0 Å². The maximum Gasteiger partial charge on any atom is 0.243 e. The Morgan fingerprint density at radius 3 is 1.72 bits per heavy atom. The topological polar surface area (TPSA) is 146 Å². The van der Waals surface area contributed by atoms with Crippen molar-refractivity contribution in [3.05, 3.63) is 49.1 Å². The summed E-state index contributed by atoms with van der Waals surface area (Å²) in [5, 5.41) is 48.9. The minimum Gasteiger partial charge on any atom is -0.392 e. The highest BCUT2D eigenvalue weighted by Gasteiger charge is 2.33. The molecule has 0 aromatic carbocycles. The number of piperazine rings is 1. The zero-order valence-corrected chi connectivity index (χ0v) is 39.7. The molecule has 6 N–H and O–H groups in total. The quantitative estimate of drug-likeness (QED) is 0.0283. The summed E-state index contributed by atoms with van der Waals surface area (Å²) in [7, 11) is 0. The number of nitrogens with one attached hydrogen (secondary N) is 2. The molecule has 0 aromatic heterocycles. The van der Waals surface area contributed by atoms with E-state index in [9.17, 15) is 30.0 Å². The molecule has 1 rings (SSSR count). The van der Waals surface area contributed by atoms with Gasteiger partial charge in [-0.25, -0.2) is 0 Å². The molecule has 10 nitrogen and oxygen atoms in total. The molecule has 60 heavy (non-hydrogen) atoms. The zero-order chi connectivity index (χ0) is 45.1. The van der Waals surface area contributed by atoms with Crippen LogP contribution in [-0.4, -0.2) is 118 Å². The molecule has 0 spiro atoms. The molecule has 0 radical (unpaired) electrons. The van der Waals surface area contributed by atoms with Gasteiger partial charge in [-0.05, 0) is 126 Å². The predicted octanol–water partition coefficient (Wildman–Crippen LogP) is 7.96. The molecule has 1 aliphatic rings. The molecule has 10 heteroatoms. The van der Waals surface area contributed by atoms with Crippen LogP contribution in [0.3, 0.4) is 0 Å². The Labute approximate surface area is 367 Å². The van der Waals surface area contributed by atoms with Crippen molar-refractivity contribution in [2.75, 3.05) is 39.3 Å². The molecule has 0 aliphatic carbocycles. The molecule has 1 saturated heterocycles. The number of carbonyl (C=O) groups is 2. The summed E-state index contributed by atoms with van der Waals surface area (Å²) in [6, 6.07) is -1.16. The van der Waals surface area contributed by atoms with Crippen molar-refractivity contribution in [3.8, 4) is 0 Å². The standard InChI is InChI=1S/C50H92N4O6/c1-11-23-41(6)47(58)37-54(36-44(57)33-40(5)26-17-14-20-29-50(8,9)10)31-22-19-28-46-49(60)51-45(48(59)52-46)27-18-21-30-53(34-42(7)55)35-43(56)32-39(4)25-16-13-15-24-38(3)12-2/h11,16-17,20,25-26,29,38-47,55-58H,1,12-15,18-19,21-24,27-28,30-37H2,2-10H3,(H,51,60)(H,52,59)/b25-16-,26-17-,29-20-. The van der Waals surface area contributed by atoms with Gasteiger partial charge in [0.05, 0.1) is 24.4 Å². The third-order valence-electron chi connectivity index (χ3n) is 11.7. The Bertz CT molecular complexity index is 1250. The summed E-state index contributed by atoms with van der Waals surface area (Å²) in [6.07, 6.45) is 24.5. The number of hydrogen-bond donors (Lipinski definition) is 6. The van der Waals surface area contributed by atoms with Gasteiger partial charge in [0, 0.05) is 26.2 Å². The van der Waals surface area contributed by atoms with Crippen molar-refractivity contribution < 1.29 is 30.0 Å². The average Bonchev–Trinajstić information content (AvgIpc) is 3.15. The van der Waals surface area contributed by atoms with Crippen LogP contribution in [0.25, 0.3) is 0 Å². The predicted molar refractivity (Wildman–Crippen MR) is 250 cm³/mol. The Balaban J connectivity index is 2.57. The second-order valence-electron chi connectivity index (χ2n) is 19.6. The van der Waals surface area contributed by atoms with Crippen molar-refractivity contribution in [3.63, 3.8) is 0 Å². The number of carbonyl (C=O) groups excluding carboxylic acids is 2. The van der Waals surface area contributed by atoms with Gasteiger partial charge in [0.2, 0.25) is 11.8 Å². The van der Waals surface area contributed by atoms with Gasteiger partial charge in [0.25, 0.3) is 0 Å². The smallest absolute Gasteiger partial charge is 0.243 e. The van der Waals surface area contributed by atoms with Gasteiger partial charge in [0.15, 0.2) is 0 Å². The van der Waals surface area contributed by atoms with Gasteiger partial charge in [-0.1, -0.05) is 111 Å². The highest BCUT2D eigenvalue weighted by atomic mass is 16.3. The van der Waals surface area contributed by atoms with Crippen LogP contribution >= 0.6 is 0 Å². The summed E-state index contributed by atoms with van der Waals surface area (Å²) >= 11 is 0. The first-order valence-corrected chi connectivity index (χ1v) is 23.7. The van der Waals surface area contributed by atoms with Crippen molar-refractivity contribution >= 4 is 11.8 Å².